The summed E-state index contributed by atoms with van der Waals surface area (Å²) in [6.07, 6.45) is 1.96. The van der Waals surface area contributed by atoms with Crippen molar-refractivity contribution in [2.75, 3.05) is 13.7 Å². The van der Waals surface area contributed by atoms with Crippen LogP contribution in [-0.4, -0.2) is 36.7 Å². The minimum Gasteiger partial charge on any atom is -0.480 e. The molecule has 0 aliphatic heterocycles. The van der Waals surface area contributed by atoms with Gasteiger partial charge >= 0.3 is 5.97 Å². The fraction of sp³-hybridized carbons (Fsp3) is 0.818. The van der Waals surface area contributed by atoms with E-state index in [-0.39, 0.29) is 18.2 Å². The zero-order valence-electron chi connectivity index (χ0n) is 10.2. The molecule has 0 aliphatic rings. The second-order valence-corrected chi connectivity index (χ2v) is 3.87. The first-order valence-electron chi connectivity index (χ1n) is 5.55. The summed E-state index contributed by atoms with van der Waals surface area (Å²) < 4.78 is 4.80. The molecule has 5 nitrogen and oxygen atoms in total. The van der Waals surface area contributed by atoms with Gasteiger partial charge in [-0.25, -0.2) is 4.79 Å². The highest BCUT2D eigenvalue weighted by Crippen LogP contribution is 2.06. The molecule has 0 fully saturated rings. The van der Waals surface area contributed by atoms with Gasteiger partial charge in [-0.15, -0.1) is 0 Å². The molecule has 5 heteroatoms. The van der Waals surface area contributed by atoms with Crippen LogP contribution < -0.4 is 5.32 Å². The lowest BCUT2D eigenvalue weighted by molar-refractivity contribution is -0.142. The second-order valence-electron chi connectivity index (χ2n) is 3.87. The molecule has 0 aromatic rings. The van der Waals surface area contributed by atoms with E-state index in [1.807, 2.05) is 6.92 Å². The third-order valence-electron chi connectivity index (χ3n) is 2.39. The summed E-state index contributed by atoms with van der Waals surface area (Å²) in [4.78, 5) is 22.4. The van der Waals surface area contributed by atoms with Crippen molar-refractivity contribution in [3.63, 3.8) is 0 Å². The maximum Gasteiger partial charge on any atom is 0.326 e. The molecular formula is C11H21NO4. The Kier molecular flexibility index (Phi) is 7.54. The number of methoxy groups -OCH3 is 1. The summed E-state index contributed by atoms with van der Waals surface area (Å²) in [5, 5.41) is 11.4. The van der Waals surface area contributed by atoms with Crippen molar-refractivity contribution in [2.45, 2.75) is 39.2 Å². The van der Waals surface area contributed by atoms with E-state index >= 15 is 0 Å². The number of carboxylic acids is 1. The lowest BCUT2D eigenvalue weighted by atomic mass is 10.0. The number of hydrogen-bond acceptors (Lipinski definition) is 3. The van der Waals surface area contributed by atoms with Crippen LogP contribution in [0.15, 0.2) is 0 Å². The van der Waals surface area contributed by atoms with Crippen molar-refractivity contribution in [1.29, 1.82) is 0 Å². The van der Waals surface area contributed by atoms with E-state index in [4.69, 9.17) is 9.84 Å². The standard InChI is InChI=1S/C11H21NO4/c1-4-5-8(2)10(13)12-9(11(14)15)6-7-16-3/h8-9H,4-7H2,1-3H3,(H,12,13)(H,14,15). The largest absolute Gasteiger partial charge is 0.480 e. The number of ether oxygens (including phenoxy) is 1. The number of nitrogens with one attached hydrogen (secondary N) is 1. The summed E-state index contributed by atoms with van der Waals surface area (Å²) in [5.41, 5.74) is 0. The Morgan fingerprint density at radius 1 is 1.38 bits per heavy atom. The van der Waals surface area contributed by atoms with Crippen molar-refractivity contribution >= 4 is 11.9 Å². The molecule has 0 saturated heterocycles. The minimum atomic E-state index is -1.02. The molecule has 0 spiro atoms. The van der Waals surface area contributed by atoms with Gasteiger partial charge in [0.2, 0.25) is 5.91 Å². The maximum absolute atomic E-state index is 11.6. The number of hydrogen-bond donors (Lipinski definition) is 2. The molecule has 0 heterocycles. The summed E-state index contributed by atoms with van der Waals surface area (Å²) in [6.45, 7) is 4.11. The molecule has 1 amide bonds. The third kappa shape index (κ3) is 5.70. The van der Waals surface area contributed by atoms with Gasteiger partial charge in [-0.2, -0.15) is 0 Å². The van der Waals surface area contributed by atoms with Crippen LogP contribution >= 0.6 is 0 Å². The number of aliphatic carboxylic acids is 1. The van der Waals surface area contributed by atoms with E-state index in [0.29, 0.717) is 6.61 Å². The van der Waals surface area contributed by atoms with Gasteiger partial charge in [0.25, 0.3) is 0 Å². The first-order chi connectivity index (χ1) is 7.52. The number of carbonyl (C=O) groups excluding carboxylic acids is 1. The molecule has 16 heavy (non-hydrogen) atoms. The zero-order valence-corrected chi connectivity index (χ0v) is 10.2. The van der Waals surface area contributed by atoms with Crippen LogP contribution in [0.25, 0.3) is 0 Å². The van der Waals surface area contributed by atoms with Crippen molar-refractivity contribution in [3.05, 3.63) is 0 Å². The topological polar surface area (TPSA) is 75.6 Å². The van der Waals surface area contributed by atoms with Crippen LogP contribution in [0.4, 0.5) is 0 Å². The Bertz CT molecular complexity index is 230. The summed E-state index contributed by atoms with van der Waals surface area (Å²) >= 11 is 0. The molecule has 2 atom stereocenters. The van der Waals surface area contributed by atoms with E-state index in [1.54, 1.807) is 6.92 Å². The SMILES string of the molecule is CCCC(C)C(=O)NC(CCOC)C(=O)O. The number of carboxylic acid groups (broad SMARTS) is 1. The molecule has 0 aromatic carbocycles. The fourth-order valence-electron chi connectivity index (χ4n) is 1.37. The van der Waals surface area contributed by atoms with E-state index in [1.165, 1.54) is 7.11 Å². The smallest absolute Gasteiger partial charge is 0.326 e. The van der Waals surface area contributed by atoms with Gasteiger partial charge in [-0.1, -0.05) is 20.3 Å². The van der Waals surface area contributed by atoms with Crippen molar-refractivity contribution in [2.24, 2.45) is 5.92 Å². The molecule has 2 N–H and O–H groups in total. The Balaban J connectivity index is 4.17. The summed E-state index contributed by atoms with van der Waals surface area (Å²) in [5.74, 6) is -1.37. The highest BCUT2D eigenvalue weighted by molar-refractivity contribution is 5.84. The number of carbonyl (C=O) groups is 2. The average Bonchev–Trinajstić information content (AvgIpc) is 2.23. The van der Waals surface area contributed by atoms with Crippen LogP contribution in [0.5, 0.6) is 0 Å². The summed E-state index contributed by atoms with van der Waals surface area (Å²) in [7, 11) is 1.50. The molecule has 0 rings (SSSR count). The van der Waals surface area contributed by atoms with E-state index < -0.39 is 12.0 Å². The quantitative estimate of drug-likeness (QED) is 0.654. The Morgan fingerprint density at radius 3 is 2.44 bits per heavy atom. The third-order valence-corrected chi connectivity index (χ3v) is 2.39. The molecule has 0 bridgehead atoms. The Labute approximate surface area is 96.2 Å². The van der Waals surface area contributed by atoms with Gasteiger partial charge in [0, 0.05) is 26.1 Å². The van der Waals surface area contributed by atoms with Crippen LogP contribution in [0.2, 0.25) is 0 Å². The van der Waals surface area contributed by atoms with E-state index in [9.17, 15) is 9.59 Å². The van der Waals surface area contributed by atoms with Gasteiger partial charge in [-0.05, 0) is 6.42 Å². The predicted octanol–water partition coefficient (Wildman–Crippen LogP) is 1.03. The van der Waals surface area contributed by atoms with Crippen LogP contribution in [0.3, 0.4) is 0 Å². The molecule has 0 saturated carbocycles. The number of amides is 1. The lowest BCUT2D eigenvalue weighted by Crippen LogP contribution is -2.43. The first-order valence-corrected chi connectivity index (χ1v) is 5.55. The zero-order chi connectivity index (χ0) is 12.6. The monoisotopic (exact) mass is 231 g/mol. The predicted molar refractivity (Wildman–Crippen MR) is 60.1 cm³/mol. The summed E-state index contributed by atoms with van der Waals surface area (Å²) in [6, 6.07) is -0.855. The van der Waals surface area contributed by atoms with Crippen molar-refractivity contribution in [3.8, 4) is 0 Å². The normalized spacial score (nSPS) is 14.2. The van der Waals surface area contributed by atoms with Crippen molar-refractivity contribution < 1.29 is 19.4 Å². The highest BCUT2D eigenvalue weighted by Gasteiger charge is 2.21. The van der Waals surface area contributed by atoms with Gasteiger partial charge in [-0.3, -0.25) is 4.79 Å². The molecule has 2 unspecified atom stereocenters. The first kappa shape index (κ1) is 14.9. The number of rotatable bonds is 8. The van der Waals surface area contributed by atoms with Crippen LogP contribution in [0.1, 0.15) is 33.1 Å². The molecule has 0 aliphatic carbocycles. The van der Waals surface area contributed by atoms with E-state index in [2.05, 4.69) is 5.32 Å². The Hall–Kier alpha value is -1.10. The molecule has 0 radical (unpaired) electrons. The van der Waals surface area contributed by atoms with Gasteiger partial charge in [0.1, 0.15) is 6.04 Å². The lowest BCUT2D eigenvalue weighted by Gasteiger charge is -2.17. The molecule has 94 valence electrons. The van der Waals surface area contributed by atoms with Crippen molar-refractivity contribution in [1.82, 2.24) is 5.32 Å². The fourth-order valence-corrected chi connectivity index (χ4v) is 1.37. The average molecular weight is 231 g/mol. The van der Waals surface area contributed by atoms with Crippen LogP contribution in [0, 0.1) is 5.92 Å². The van der Waals surface area contributed by atoms with E-state index in [0.717, 1.165) is 12.8 Å². The minimum absolute atomic E-state index is 0.144. The van der Waals surface area contributed by atoms with Gasteiger partial charge in [0.15, 0.2) is 0 Å². The van der Waals surface area contributed by atoms with Gasteiger partial charge in [0.05, 0.1) is 0 Å². The highest BCUT2D eigenvalue weighted by atomic mass is 16.5. The maximum atomic E-state index is 11.6. The van der Waals surface area contributed by atoms with Gasteiger partial charge < -0.3 is 15.2 Å². The molecule has 0 aromatic heterocycles. The van der Waals surface area contributed by atoms with Crippen LogP contribution in [-0.2, 0) is 14.3 Å². The Morgan fingerprint density at radius 2 is 2.00 bits per heavy atom. The second kappa shape index (κ2) is 8.10. The molecular weight excluding hydrogens is 210 g/mol.